The Morgan fingerprint density at radius 3 is 2.61 bits per heavy atom. The lowest BCUT2D eigenvalue weighted by atomic mass is 10.0. The van der Waals surface area contributed by atoms with Crippen molar-refractivity contribution < 1.29 is 14.9 Å². The number of hydrogen-bond acceptors (Lipinski definition) is 5. The van der Waals surface area contributed by atoms with E-state index in [1.807, 2.05) is 26.0 Å². The van der Waals surface area contributed by atoms with Crippen molar-refractivity contribution in [2.45, 2.75) is 26.5 Å². The molecule has 2 aromatic carbocycles. The van der Waals surface area contributed by atoms with Gasteiger partial charge in [-0.05, 0) is 48.2 Å². The number of phenolic OH excluding ortho intramolecular Hbond substituents is 1. The fourth-order valence-electron chi connectivity index (χ4n) is 3.37. The number of benzene rings is 2. The molecule has 0 fully saturated rings. The van der Waals surface area contributed by atoms with Crippen molar-refractivity contribution >= 4 is 10.9 Å². The Morgan fingerprint density at radius 1 is 1.21 bits per heavy atom. The minimum Gasteiger partial charge on any atom is -0.506 e. The molecule has 6 nitrogen and oxygen atoms in total. The number of aryl methyl sites for hydroxylation is 2. The molecular formula is C22H22N2O4. The molecule has 1 heterocycles. The highest BCUT2D eigenvalue weighted by Crippen LogP contribution is 2.29. The molecule has 0 bridgehead atoms. The van der Waals surface area contributed by atoms with Gasteiger partial charge in [-0.3, -0.25) is 4.79 Å². The minimum absolute atomic E-state index is 0.0307. The van der Waals surface area contributed by atoms with Gasteiger partial charge in [0.05, 0.1) is 11.6 Å². The lowest BCUT2D eigenvalue weighted by Crippen LogP contribution is -2.21. The van der Waals surface area contributed by atoms with Crippen LogP contribution in [0.3, 0.4) is 0 Å². The van der Waals surface area contributed by atoms with Gasteiger partial charge in [-0.2, -0.15) is 0 Å². The van der Waals surface area contributed by atoms with E-state index < -0.39 is 6.10 Å². The maximum atomic E-state index is 11.5. The van der Waals surface area contributed by atoms with Crippen LogP contribution in [0, 0.1) is 26.4 Å². The van der Waals surface area contributed by atoms with Gasteiger partial charge in [-0.1, -0.05) is 24.6 Å². The van der Waals surface area contributed by atoms with Gasteiger partial charge in [0.2, 0.25) is 5.56 Å². The molecule has 0 radical (unpaired) electrons. The van der Waals surface area contributed by atoms with Crippen LogP contribution in [0.4, 0.5) is 0 Å². The predicted octanol–water partition coefficient (Wildman–Crippen LogP) is 2.64. The van der Waals surface area contributed by atoms with Gasteiger partial charge in [0, 0.05) is 24.5 Å². The molecule has 0 saturated carbocycles. The van der Waals surface area contributed by atoms with Crippen LogP contribution >= 0.6 is 0 Å². The van der Waals surface area contributed by atoms with Crippen molar-refractivity contribution in [2.24, 2.45) is 0 Å². The SMILES string of the molecule is C#COc1c(C)cc(CNC[C@H](O)c2ccc(O)c3[nH]c(=O)ccc23)cc1C. The average molecular weight is 378 g/mol. The first-order valence-electron chi connectivity index (χ1n) is 8.87. The number of hydrogen-bond donors (Lipinski definition) is 4. The molecule has 0 aliphatic rings. The normalized spacial score (nSPS) is 11.9. The Bertz CT molecular complexity index is 1090. The minimum atomic E-state index is -0.805. The van der Waals surface area contributed by atoms with Gasteiger partial charge < -0.3 is 25.3 Å². The van der Waals surface area contributed by atoms with E-state index in [2.05, 4.69) is 16.4 Å². The summed E-state index contributed by atoms with van der Waals surface area (Å²) in [4.78, 5) is 14.1. The summed E-state index contributed by atoms with van der Waals surface area (Å²) in [6.45, 7) is 4.73. The number of fused-ring (bicyclic) bond motifs is 1. The van der Waals surface area contributed by atoms with Crippen LogP contribution in [0.1, 0.15) is 28.4 Å². The lowest BCUT2D eigenvalue weighted by molar-refractivity contribution is 0.176. The zero-order valence-electron chi connectivity index (χ0n) is 15.7. The molecule has 0 unspecified atom stereocenters. The van der Waals surface area contributed by atoms with Gasteiger partial charge >= 0.3 is 0 Å². The number of pyridine rings is 1. The Kier molecular flexibility index (Phi) is 5.69. The summed E-state index contributed by atoms with van der Waals surface area (Å²) in [6.07, 6.45) is 6.60. The third-order valence-electron chi connectivity index (χ3n) is 4.61. The third-order valence-corrected chi connectivity index (χ3v) is 4.61. The topological polar surface area (TPSA) is 94.6 Å². The summed E-state index contributed by atoms with van der Waals surface area (Å²) in [5, 5.41) is 24.4. The van der Waals surface area contributed by atoms with Crippen molar-refractivity contribution in [3.05, 3.63) is 69.0 Å². The van der Waals surface area contributed by atoms with E-state index in [0.717, 1.165) is 16.7 Å². The number of aromatic amines is 1. The summed E-state index contributed by atoms with van der Waals surface area (Å²) >= 11 is 0. The first-order chi connectivity index (χ1) is 13.4. The van der Waals surface area contributed by atoms with Crippen LogP contribution in [0.15, 0.2) is 41.2 Å². The number of phenols is 1. The van der Waals surface area contributed by atoms with Crippen molar-refractivity contribution in [1.82, 2.24) is 10.3 Å². The van der Waals surface area contributed by atoms with Gasteiger partial charge in [-0.15, -0.1) is 0 Å². The van der Waals surface area contributed by atoms with E-state index in [4.69, 9.17) is 11.2 Å². The fourth-order valence-corrected chi connectivity index (χ4v) is 3.37. The van der Waals surface area contributed by atoms with Crippen LogP contribution in [0.2, 0.25) is 0 Å². The number of terminal acetylenes is 1. The number of aromatic nitrogens is 1. The molecule has 144 valence electrons. The lowest BCUT2D eigenvalue weighted by Gasteiger charge is -2.16. The van der Waals surface area contributed by atoms with Crippen molar-refractivity contribution in [3.63, 3.8) is 0 Å². The van der Waals surface area contributed by atoms with E-state index >= 15 is 0 Å². The van der Waals surface area contributed by atoms with E-state index in [1.165, 1.54) is 12.1 Å². The fraction of sp³-hybridized carbons (Fsp3) is 0.227. The third kappa shape index (κ3) is 4.01. The summed E-state index contributed by atoms with van der Waals surface area (Å²) in [6, 6.07) is 10.1. The summed E-state index contributed by atoms with van der Waals surface area (Å²) in [5.41, 5.74) is 3.58. The van der Waals surface area contributed by atoms with Crippen molar-refractivity contribution in [3.8, 4) is 24.0 Å². The van der Waals surface area contributed by atoms with Crippen molar-refractivity contribution in [2.75, 3.05) is 6.54 Å². The van der Waals surface area contributed by atoms with Crippen LogP contribution in [-0.4, -0.2) is 21.7 Å². The maximum absolute atomic E-state index is 11.5. The largest absolute Gasteiger partial charge is 0.506 e. The molecular weight excluding hydrogens is 356 g/mol. The smallest absolute Gasteiger partial charge is 0.248 e. The molecule has 4 N–H and O–H groups in total. The summed E-state index contributed by atoms with van der Waals surface area (Å²) in [7, 11) is 0. The number of rotatable bonds is 6. The molecule has 1 aromatic heterocycles. The van der Waals surface area contributed by atoms with Crippen LogP contribution < -0.4 is 15.6 Å². The molecule has 0 amide bonds. The Balaban J connectivity index is 1.73. The Labute approximate surface area is 162 Å². The molecule has 6 heteroatoms. The molecule has 0 spiro atoms. The van der Waals surface area contributed by atoms with E-state index in [9.17, 15) is 15.0 Å². The second-order valence-electron chi connectivity index (χ2n) is 6.71. The number of aliphatic hydroxyl groups is 1. The number of aromatic hydroxyl groups is 1. The zero-order valence-corrected chi connectivity index (χ0v) is 15.7. The standard InChI is InChI=1S/C22H22N2O4/c1-4-28-22-13(2)9-15(10-14(22)3)11-23-12-19(26)16-5-7-18(25)21-17(16)6-8-20(27)24-21/h1,5-10,19,23,25-26H,11-12H2,2-3H3,(H,24,27)/t19-/m0/s1. The zero-order chi connectivity index (χ0) is 20.3. The molecule has 3 aromatic rings. The van der Waals surface area contributed by atoms with Crippen LogP contribution in [0.25, 0.3) is 10.9 Å². The highest BCUT2D eigenvalue weighted by atomic mass is 16.5. The monoisotopic (exact) mass is 378 g/mol. The average Bonchev–Trinajstić information content (AvgIpc) is 2.65. The highest BCUT2D eigenvalue weighted by Gasteiger charge is 2.14. The van der Waals surface area contributed by atoms with E-state index in [0.29, 0.717) is 35.3 Å². The number of aliphatic hydroxyl groups excluding tert-OH is 1. The van der Waals surface area contributed by atoms with Gasteiger partial charge in [0.15, 0.2) is 0 Å². The number of nitrogens with one attached hydrogen (secondary N) is 2. The van der Waals surface area contributed by atoms with Gasteiger partial charge in [0.25, 0.3) is 0 Å². The molecule has 1 atom stereocenters. The second kappa shape index (κ2) is 8.17. The predicted molar refractivity (Wildman–Crippen MR) is 108 cm³/mol. The molecule has 0 aliphatic carbocycles. The quantitative estimate of drug-likeness (QED) is 0.495. The second-order valence-corrected chi connectivity index (χ2v) is 6.71. The first kappa shape index (κ1) is 19.5. The first-order valence-corrected chi connectivity index (χ1v) is 8.87. The molecule has 0 aliphatic heterocycles. The number of H-pyrrole nitrogens is 1. The van der Waals surface area contributed by atoms with Gasteiger partial charge in [-0.25, -0.2) is 0 Å². The van der Waals surface area contributed by atoms with Crippen LogP contribution in [-0.2, 0) is 6.54 Å². The van der Waals surface area contributed by atoms with E-state index in [1.54, 1.807) is 12.1 Å². The summed E-state index contributed by atoms with van der Waals surface area (Å²) in [5.74, 6) is 0.660. The van der Waals surface area contributed by atoms with Gasteiger partial charge in [0.1, 0.15) is 17.6 Å². The van der Waals surface area contributed by atoms with E-state index in [-0.39, 0.29) is 11.3 Å². The molecule has 28 heavy (non-hydrogen) atoms. The highest BCUT2D eigenvalue weighted by molar-refractivity contribution is 5.87. The van der Waals surface area contributed by atoms with Crippen molar-refractivity contribution in [1.29, 1.82) is 0 Å². The molecule has 0 saturated heterocycles. The molecule has 3 rings (SSSR count). The van der Waals surface area contributed by atoms with Crippen LogP contribution in [0.5, 0.6) is 11.5 Å². The Hall–Kier alpha value is -3.27. The number of ether oxygens (including phenoxy) is 1. The summed E-state index contributed by atoms with van der Waals surface area (Å²) < 4.78 is 5.20. The maximum Gasteiger partial charge on any atom is 0.248 e. The Morgan fingerprint density at radius 2 is 1.93 bits per heavy atom.